The highest BCUT2D eigenvalue weighted by molar-refractivity contribution is 7.86. The average Bonchev–Trinajstić information content (AvgIpc) is 3.23. The van der Waals surface area contributed by atoms with Gasteiger partial charge < -0.3 is 40.1 Å². The summed E-state index contributed by atoms with van der Waals surface area (Å²) < 4.78 is 41.7. The zero-order chi connectivity index (χ0) is 44.7. The van der Waals surface area contributed by atoms with Crippen molar-refractivity contribution < 1.29 is 78.9 Å². The van der Waals surface area contributed by atoms with E-state index in [0.717, 1.165) is 24.3 Å². The van der Waals surface area contributed by atoms with Gasteiger partial charge in [-0.25, -0.2) is 0 Å². The summed E-state index contributed by atoms with van der Waals surface area (Å²) in [5, 5.41) is 57.2. The van der Waals surface area contributed by atoms with Gasteiger partial charge in [0, 0.05) is 58.6 Å². The first-order chi connectivity index (χ1) is 29.0. The second kappa shape index (κ2) is 20.7. The van der Waals surface area contributed by atoms with Crippen LogP contribution in [0.15, 0.2) is 132 Å². The first kappa shape index (κ1) is 45.0. The molecule has 0 atom stereocenters. The minimum atomic E-state index is -4.59. The van der Waals surface area contributed by atoms with Crippen molar-refractivity contribution >= 4 is 27.5 Å². The molecule has 61 heavy (non-hydrogen) atoms. The molecule has 7 N–H and O–H groups in total. The van der Waals surface area contributed by atoms with E-state index >= 15 is 0 Å². The number of carbonyl (C=O) groups is 3. The Hall–Kier alpha value is -8.68. The molecule has 0 heterocycles. The summed E-state index contributed by atoms with van der Waals surface area (Å²) in [7, 11) is -3.41. The van der Waals surface area contributed by atoms with Gasteiger partial charge in [-0.1, -0.05) is 60.7 Å². The second-order valence-electron chi connectivity index (χ2n) is 12.0. The van der Waals surface area contributed by atoms with Crippen molar-refractivity contribution in [3.05, 3.63) is 161 Å². The van der Waals surface area contributed by atoms with Crippen LogP contribution in [-0.4, -0.2) is 68.1 Å². The van der Waals surface area contributed by atoms with E-state index in [0.29, 0.717) is 11.3 Å². The summed E-state index contributed by atoms with van der Waals surface area (Å²) >= 11 is 0. The van der Waals surface area contributed by atoms with Crippen molar-refractivity contribution in [2.75, 3.05) is 7.11 Å². The molecule has 0 spiro atoms. The predicted molar refractivity (Wildman–Crippen MR) is 237 cm³/mol. The van der Waals surface area contributed by atoms with Crippen LogP contribution in [0.3, 0.4) is 0 Å². The Balaban J connectivity index is -0.000000282. The van der Waals surface area contributed by atoms with Crippen LogP contribution in [-0.2, 0) is 10.1 Å². The number of ketones is 3. The molecule has 0 aromatic heterocycles. The van der Waals surface area contributed by atoms with Gasteiger partial charge in [-0.15, -0.1) is 6.42 Å². The molecule has 0 aliphatic rings. The summed E-state index contributed by atoms with van der Waals surface area (Å²) in [4.78, 5) is 36.0. The largest absolute Gasteiger partial charge is 0.508 e. The Morgan fingerprint density at radius 1 is 0.557 bits per heavy atom. The van der Waals surface area contributed by atoms with Crippen molar-refractivity contribution in [2.45, 2.75) is 4.90 Å². The monoisotopic (exact) mass is 856 g/mol. The number of terminal acetylenes is 1. The predicted octanol–water partition coefficient (Wildman–Crippen LogP) is 8.19. The molecule has 0 fully saturated rings. The van der Waals surface area contributed by atoms with Crippen LogP contribution in [0, 0.1) is 36.2 Å². The lowest BCUT2D eigenvalue weighted by Gasteiger charge is -2.10. The summed E-state index contributed by atoms with van der Waals surface area (Å²) in [6.45, 7) is 0. The van der Waals surface area contributed by atoms with Gasteiger partial charge in [-0.05, 0) is 54.3 Å². The van der Waals surface area contributed by atoms with E-state index in [1.54, 1.807) is 48.5 Å². The van der Waals surface area contributed by atoms with E-state index in [-0.39, 0.29) is 79.5 Å². The number of carbonyl (C=O) groups excluding carboxylic acids is 3. The number of rotatable bonds is 9. The Bertz CT molecular complexity index is 2860. The molecular formula is C46H48O14S. The summed E-state index contributed by atoms with van der Waals surface area (Å²) in [5.74, 6) is 6.10. The van der Waals surface area contributed by atoms with E-state index < -0.39 is 32.3 Å². The lowest BCUT2D eigenvalue weighted by Crippen LogP contribution is -2.07. The minimum Gasteiger partial charge on any atom is -0.508 e. The number of phenolic OH excluding ortho intramolecular Hbond substituents is 6. The smallest absolute Gasteiger partial charge is 0.298 e. The molecule has 322 valence electrons. The number of benzene rings is 6. The van der Waals surface area contributed by atoms with Gasteiger partial charge in [-0.2, -0.15) is 8.42 Å². The standard InChI is InChI=1S/C19H10O3.C14H12O6S.C13H10O5.8H2/c1-2-3-4-8-13-22-16-11-12-17(18(20)14-16)19(21)15-9-6-5-7-10-15;1-20-12-8-11(15)10(7-13(12)21(17,18)19)14(16)9-5-3-2-4-6-9;14-7-1-3-9(11(16)5-7)13(18)10-4-2-8(15)6-12(10)17;;;;;;;;/h1,5-7,9-12,14,20H;2-8,15H,1H3,(H,17,18,19);1-6,14-17H;8*1H. The van der Waals surface area contributed by atoms with Crippen LogP contribution in [0.5, 0.6) is 46.0 Å². The van der Waals surface area contributed by atoms with Gasteiger partial charge >= 0.3 is 0 Å². The fourth-order valence-corrected chi connectivity index (χ4v) is 5.76. The third-order valence-electron chi connectivity index (χ3n) is 7.96. The van der Waals surface area contributed by atoms with Gasteiger partial charge in [0.1, 0.15) is 57.0 Å². The second-order valence-corrected chi connectivity index (χ2v) is 13.4. The van der Waals surface area contributed by atoms with Gasteiger partial charge in [0.05, 0.1) is 29.4 Å². The molecule has 15 heteroatoms. The van der Waals surface area contributed by atoms with Crippen LogP contribution in [0.2, 0.25) is 0 Å². The van der Waals surface area contributed by atoms with Crippen molar-refractivity contribution in [1.29, 1.82) is 0 Å². The molecule has 0 aliphatic heterocycles. The van der Waals surface area contributed by atoms with E-state index in [2.05, 4.69) is 29.8 Å². The average molecular weight is 857 g/mol. The van der Waals surface area contributed by atoms with Gasteiger partial charge in [0.25, 0.3) is 10.1 Å². The highest BCUT2D eigenvalue weighted by atomic mass is 32.2. The molecule has 0 aliphatic carbocycles. The zero-order valence-corrected chi connectivity index (χ0v) is 32.4. The van der Waals surface area contributed by atoms with Crippen LogP contribution < -0.4 is 9.47 Å². The summed E-state index contributed by atoms with van der Waals surface area (Å²) in [5.41, 5.74) is 0.630. The minimum absolute atomic E-state index is 0. The number of ether oxygens (including phenoxy) is 2. The third kappa shape index (κ3) is 12.2. The normalized spacial score (nSPS) is 9.92. The van der Waals surface area contributed by atoms with Crippen LogP contribution >= 0.6 is 0 Å². The molecule has 0 bridgehead atoms. The fraction of sp³-hybridized carbons (Fsp3) is 0.0217. The first-order valence-electron chi connectivity index (χ1n) is 17.2. The molecule has 6 aromatic rings. The molecular weight excluding hydrogens is 809 g/mol. The number of hydrogen-bond donors (Lipinski definition) is 7. The Morgan fingerprint density at radius 2 is 1.02 bits per heavy atom. The van der Waals surface area contributed by atoms with Gasteiger partial charge in [0.15, 0.2) is 17.3 Å². The molecule has 0 amide bonds. The van der Waals surface area contributed by atoms with Gasteiger partial charge in [-0.3, -0.25) is 18.9 Å². The van der Waals surface area contributed by atoms with E-state index in [1.165, 1.54) is 55.6 Å². The lowest BCUT2D eigenvalue weighted by molar-refractivity contribution is 0.102. The molecule has 0 unspecified atom stereocenters. The van der Waals surface area contributed by atoms with Crippen LogP contribution in [0.4, 0.5) is 0 Å². The van der Waals surface area contributed by atoms with E-state index in [9.17, 15) is 43.2 Å². The summed E-state index contributed by atoms with van der Waals surface area (Å²) in [6.07, 6.45) is 7.27. The Labute approximate surface area is 360 Å². The SMILES string of the molecule is C#CC#CC#COc1ccc(C(=O)c2ccccc2)c(O)c1.COc1cc(O)c(C(=O)c2ccccc2)cc1S(=O)(=O)O.O=C(c1ccc(O)cc1O)c1ccc(O)cc1O.[HH].[HH].[HH].[HH].[HH].[HH].[HH].[HH]. The van der Waals surface area contributed by atoms with Crippen LogP contribution in [0.1, 0.15) is 59.2 Å². The van der Waals surface area contributed by atoms with Crippen molar-refractivity contribution in [3.63, 3.8) is 0 Å². The van der Waals surface area contributed by atoms with Gasteiger partial charge in [0.2, 0.25) is 0 Å². The van der Waals surface area contributed by atoms with Crippen molar-refractivity contribution in [1.82, 2.24) is 0 Å². The maximum Gasteiger partial charge on any atom is 0.298 e. The molecule has 14 nitrogen and oxygen atoms in total. The molecule has 0 saturated carbocycles. The van der Waals surface area contributed by atoms with Crippen molar-refractivity contribution in [3.8, 4) is 82.2 Å². The first-order valence-corrected chi connectivity index (χ1v) is 18.6. The lowest BCUT2D eigenvalue weighted by atomic mass is 10.0. The number of hydrogen-bond acceptors (Lipinski definition) is 13. The fourth-order valence-electron chi connectivity index (χ4n) is 5.10. The summed E-state index contributed by atoms with van der Waals surface area (Å²) in [6, 6.07) is 30.0. The van der Waals surface area contributed by atoms with E-state index in [1.807, 2.05) is 6.07 Å². The van der Waals surface area contributed by atoms with E-state index in [4.69, 9.17) is 30.7 Å². The third-order valence-corrected chi connectivity index (χ3v) is 8.83. The Kier molecular flexibility index (Phi) is 15.2. The molecule has 0 saturated heterocycles. The Morgan fingerprint density at radius 3 is 1.48 bits per heavy atom. The number of phenols is 6. The quantitative estimate of drug-likeness (QED) is 0.0412. The molecule has 6 aromatic carbocycles. The maximum absolute atomic E-state index is 12.3. The molecule has 0 radical (unpaired) electrons. The number of methoxy groups -OCH3 is 1. The topological polar surface area (TPSA) is 245 Å². The highest BCUT2D eigenvalue weighted by Crippen LogP contribution is 2.33. The zero-order valence-electron chi connectivity index (χ0n) is 31.6. The number of aromatic hydroxyl groups is 6. The molecule has 6 rings (SSSR count). The van der Waals surface area contributed by atoms with Crippen molar-refractivity contribution in [2.24, 2.45) is 0 Å². The maximum atomic E-state index is 12.3. The van der Waals surface area contributed by atoms with Crippen LogP contribution in [0.25, 0.3) is 0 Å². The highest BCUT2D eigenvalue weighted by Gasteiger charge is 2.23.